The van der Waals surface area contributed by atoms with Gasteiger partial charge in [0.1, 0.15) is 5.82 Å². The van der Waals surface area contributed by atoms with Crippen molar-refractivity contribution in [1.82, 2.24) is 10.2 Å². The molecule has 0 bridgehead atoms. The van der Waals surface area contributed by atoms with Crippen LogP contribution < -0.4 is 5.32 Å². The fourth-order valence-corrected chi connectivity index (χ4v) is 2.60. The molecule has 1 aliphatic heterocycles. The number of hydrogen-bond donors (Lipinski definition) is 1. The Bertz CT molecular complexity index is 456. The molecule has 116 valence electrons. The fourth-order valence-electron chi connectivity index (χ4n) is 2.60. The summed E-state index contributed by atoms with van der Waals surface area (Å²) in [5.74, 6) is -0.255. The van der Waals surface area contributed by atoms with Crippen LogP contribution in [0.5, 0.6) is 0 Å². The van der Waals surface area contributed by atoms with Crippen molar-refractivity contribution in [2.24, 2.45) is 0 Å². The van der Waals surface area contributed by atoms with Crippen LogP contribution in [0.4, 0.5) is 4.39 Å². The Morgan fingerprint density at radius 2 is 2.00 bits per heavy atom. The number of hydrogen-bond acceptors (Lipinski definition) is 3. The van der Waals surface area contributed by atoms with E-state index in [4.69, 9.17) is 4.74 Å². The number of rotatable bonds is 5. The number of carbonyl (C=O) groups excluding carboxylic acids is 1. The zero-order chi connectivity index (χ0) is 15.2. The Morgan fingerprint density at radius 1 is 1.38 bits per heavy atom. The number of amides is 1. The Balaban J connectivity index is 1.78. The summed E-state index contributed by atoms with van der Waals surface area (Å²) in [7, 11) is 1.74. The molecule has 4 nitrogen and oxygen atoms in total. The maximum atomic E-state index is 12.8. The van der Waals surface area contributed by atoms with Crippen molar-refractivity contribution >= 4 is 5.91 Å². The first kappa shape index (κ1) is 15.9. The number of carbonyl (C=O) groups is 1. The van der Waals surface area contributed by atoms with Gasteiger partial charge in [-0.15, -0.1) is 0 Å². The van der Waals surface area contributed by atoms with Crippen molar-refractivity contribution in [1.29, 1.82) is 0 Å². The van der Waals surface area contributed by atoms with E-state index in [9.17, 15) is 9.18 Å². The van der Waals surface area contributed by atoms with Gasteiger partial charge in [-0.05, 0) is 37.5 Å². The number of likely N-dealkylation sites (tertiary alicyclic amines) is 1. The van der Waals surface area contributed by atoms with Crippen LogP contribution in [0.1, 0.15) is 25.3 Å². The van der Waals surface area contributed by atoms with Crippen molar-refractivity contribution in [3.05, 3.63) is 35.6 Å². The van der Waals surface area contributed by atoms with Gasteiger partial charge < -0.3 is 10.1 Å². The van der Waals surface area contributed by atoms with Gasteiger partial charge in [0.05, 0.1) is 12.1 Å². The minimum atomic E-state index is -0.264. The molecule has 5 heteroatoms. The predicted molar refractivity (Wildman–Crippen MR) is 79.3 cm³/mol. The van der Waals surface area contributed by atoms with E-state index >= 15 is 0 Å². The number of halogens is 1. The highest BCUT2D eigenvalue weighted by molar-refractivity contribution is 5.81. The van der Waals surface area contributed by atoms with Gasteiger partial charge in [0.25, 0.3) is 0 Å². The van der Waals surface area contributed by atoms with E-state index in [1.54, 1.807) is 19.2 Å². The lowest BCUT2D eigenvalue weighted by Crippen LogP contribution is -2.49. The van der Waals surface area contributed by atoms with Gasteiger partial charge in [-0.2, -0.15) is 0 Å². The van der Waals surface area contributed by atoms with E-state index in [0.29, 0.717) is 12.6 Å². The van der Waals surface area contributed by atoms with Crippen LogP contribution in [-0.4, -0.2) is 43.2 Å². The molecule has 1 heterocycles. The molecule has 1 saturated heterocycles. The van der Waals surface area contributed by atoms with Gasteiger partial charge in [0, 0.05) is 26.7 Å². The van der Waals surface area contributed by atoms with Crippen molar-refractivity contribution in [3.8, 4) is 0 Å². The van der Waals surface area contributed by atoms with E-state index in [0.717, 1.165) is 31.5 Å². The summed E-state index contributed by atoms with van der Waals surface area (Å²) in [6.07, 6.45) is 2.24. The third-order valence-electron chi connectivity index (χ3n) is 4.12. The van der Waals surface area contributed by atoms with Gasteiger partial charge in [0.15, 0.2) is 0 Å². The molecule has 2 rings (SSSR count). The van der Waals surface area contributed by atoms with E-state index in [-0.39, 0.29) is 17.8 Å². The molecule has 0 radical (unpaired) electrons. The molecule has 1 aliphatic rings. The molecule has 0 spiro atoms. The fraction of sp³-hybridized carbons (Fsp3) is 0.562. The van der Waals surface area contributed by atoms with E-state index in [1.807, 2.05) is 6.92 Å². The first-order valence-corrected chi connectivity index (χ1v) is 7.39. The van der Waals surface area contributed by atoms with Crippen LogP contribution >= 0.6 is 0 Å². The molecule has 1 atom stereocenters. The first-order chi connectivity index (χ1) is 10.1. The monoisotopic (exact) mass is 294 g/mol. The number of nitrogens with one attached hydrogen (secondary N) is 1. The zero-order valence-corrected chi connectivity index (χ0v) is 12.6. The molecule has 0 aromatic heterocycles. The summed E-state index contributed by atoms with van der Waals surface area (Å²) in [5, 5.41) is 2.91. The number of benzene rings is 1. The summed E-state index contributed by atoms with van der Waals surface area (Å²) in [4.78, 5) is 14.4. The summed E-state index contributed by atoms with van der Waals surface area (Å²) >= 11 is 0. The highest BCUT2D eigenvalue weighted by atomic mass is 19.1. The SMILES string of the molecule is COC1CCN(C(C)C(=O)NCc2ccc(F)cc2)CC1. The lowest BCUT2D eigenvalue weighted by molar-refractivity contribution is -0.127. The lowest BCUT2D eigenvalue weighted by atomic mass is 10.1. The molecule has 1 N–H and O–H groups in total. The second-order valence-corrected chi connectivity index (χ2v) is 5.49. The lowest BCUT2D eigenvalue weighted by Gasteiger charge is -2.34. The van der Waals surface area contributed by atoms with Gasteiger partial charge in [-0.25, -0.2) is 4.39 Å². The molecular formula is C16H23FN2O2. The molecule has 1 unspecified atom stereocenters. The second kappa shape index (κ2) is 7.52. The van der Waals surface area contributed by atoms with Crippen molar-refractivity contribution in [2.45, 2.75) is 38.5 Å². The minimum absolute atomic E-state index is 0.00944. The first-order valence-electron chi connectivity index (χ1n) is 7.39. The maximum Gasteiger partial charge on any atom is 0.237 e. The van der Waals surface area contributed by atoms with E-state index in [2.05, 4.69) is 10.2 Å². The topological polar surface area (TPSA) is 41.6 Å². The minimum Gasteiger partial charge on any atom is -0.381 e. The van der Waals surface area contributed by atoms with Crippen LogP contribution in [0.15, 0.2) is 24.3 Å². The van der Waals surface area contributed by atoms with Crippen LogP contribution in [0.3, 0.4) is 0 Å². The molecule has 21 heavy (non-hydrogen) atoms. The summed E-state index contributed by atoms with van der Waals surface area (Å²) in [5.41, 5.74) is 0.898. The number of piperidine rings is 1. The largest absolute Gasteiger partial charge is 0.381 e. The number of nitrogens with zero attached hydrogens (tertiary/aromatic N) is 1. The average molecular weight is 294 g/mol. The molecule has 1 aromatic carbocycles. The second-order valence-electron chi connectivity index (χ2n) is 5.49. The number of ether oxygens (including phenoxy) is 1. The summed E-state index contributed by atoms with van der Waals surface area (Å²) in [6.45, 7) is 4.11. The van der Waals surface area contributed by atoms with Crippen LogP contribution in [0.2, 0.25) is 0 Å². The van der Waals surface area contributed by atoms with E-state index < -0.39 is 0 Å². The van der Waals surface area contributed by atoms with Gasteiger partial charge in [-0.3, -0.25) is 9.69 Å². The van der Waals surface area contributed by atoms with Crippen LogP contribution in [0, 0.1) is 5.82 Å². The molecule has 0 aliphatic carbocycles. The molecule has 1 amide bonds. The Morgan fingerprint density at radius 3 is 2.57 bits per heavy atom. The predicted octanol–water partition coefficient (Wildman–Crippen LogP) is 1.94. The Hall–Kier alpha value is -1.46. The van der Waals surface area contributed by atoms with Crippen LogP contribution in [-0.2, 0) is 16.1 Å². The van der Waals surface area contributed by atoms with Gasteiger partial charge in [0.2, 0.25) is 5.91 Å². The normalized spacial score (nSPS) is 18.4. The van der Waals surface area contributed by atoms with Crippen molar-refractivity contribution in [2.75, 3.05) is 20.2 Å². The molecule has 1 aromatic rings. The third-order valence-corrected chi connectivity index (χ3v) is 4.12. The average Bonchev–Trinajstić information content (AvgIpc) is 2.53. The smallest absolute Gasteiger partial charge is 0.237 e. The van der Waals surface area contributed by atoms with Gasteiger partial charge >= 0.3 is 0 Å². The highest BCUT2D eigenvalue weighted by Crippen LogP contribution is 2.15. The molecule has 0 saturated carbocycles. The van der Waals surface area contributed by atoms with Crippen LogP contribution in [0.25, 0.3) is 0 Å². The van der Waals surface area contributed by atoms with Crippen molar-refractivity contribution < 1.29 is 13.9 Å². The Labute approximate surface area is 125 Å². The van der Waals surface area contributed by atoms with Crippen molar-refractivity contribution in [3.63, 3.8) is 0 Å². The maximum absolute atomic E-state index is 12.8. The third kappa shape index (κ3) is 4.51. The standard InChI is InChI=1S/C16H23FN2O2/c1-12(19-9-7-15(21-2)8-10-19)16(20)18-11-13-3-5-14(17)6-4-13/h3-6,12,15H,7-11H2,1-2H3,(H,18,20). The molecular weight excluding hydrogens is 271 g/mol. The highest BCUT2D eigenvalue weighted by Gasteiger charge is 2.26. The van der Waals surface area contributed by atoms with E-state index in [1.165, 1.54) is 12.1 Å². The summed E-state index contributed by atoms with van der Waals surface area (Å²) < 4.78 is 18.1. The number of methoxy groups -OCH3 is 1. The molecule has 1 fully saturated rings. The quantitative estimate of drug-likeness (QED) is 0.902. The summed E-state index contributed by atoms with van der Waals surface area (Å²) in [6, 6.07) is 6.03. The zero-order valence-electron chi connectivity index (χ0n) is 12.6. The van der Waals surface area contributed by atoms with Gasteiger partial charge in [-0.1, -0.05) is 12.1 Å². The Kier molecular flexibility index (Phi) is 5.70.